The average molecular weight is 332 g/mol. The van der Waals surface area contributed by atoms with E-state index in [1.165, 1.54) is 11.1 Å². The number of rotatable bonds is 7. The highest BCUT2D eigenvalue weighted by Crippen LogP contribution is 2.24. The maximum atomic E-state index is 11.6. The number of hydrogen-bond acceptors (Lipinski definition) is 4. The molecule has 2 heterocycles. The molecule has 0 saturated carbocycles. The van der Waals surface area contributed by atoms with E-state index in [9.17, 15) is 13.5 Å². The Morgan fingerprint density at radius 2 is 2.33 bits per heavy atom. The molecule has 1 aliphatic heterocycles. The number of hydrogen-bond donors (Lipinski definition) is 1. The van der Waals surface area contributed by atoms with Gasteiger partial charge in [-0.25, -0.2) is 12.7 Å². The van der Waals surface area contributed by atoms with E-state index in [2.05, 4.69) is 17.5 Å². The van der Waals surface area contributed by atoms with E-state index in [1.54, 1.807) is 15.6 Å². The molecule has 1 aromatic heterocycles. The van der Waals surface area contributed by atoms with Crippen LogP contribution in [0.15, 0.2) is 17.5 Å². The SMILES string of the molecule is CS(=O)(=O)N1CCCC(CC(O)CCCc2cccs2)C1. The largest absolute Gasteiger partial charge is 0.393 e. The monoisotopic (exact) mass is 331 g/mol. The van der Waals surface area contributed by atoms with E-state index in [-0.39, 0.29) is 6.10 Å². The number of thiophene rings is 1. The predicted molar refractivity (Wildman–Crippen MR) is 87.0 cm³/mol. The van der Waals surface area contributed by atoms with Gasteiger partial charge in [-0.15, -0.1) is 11.3 Å². The smallest absolute Gasteiger partial charge is 0.211 e. The molecule has 1 N–H and O–H groups in total. The Hall–Kier alpha value is -0.430. The lowest BCUT2D eigenvalue weighted by molar-refractivity contribution is 0.112. The van der Waals surface area contributed by atoms with Crippen LogP contribution in [0.4, 0.5) is 0 Å². The molecule has 4 nitrogen and oxygen atoms in total. The summed E-state index contributed by atoms with van der Waals surface area (Å²) in [5.41, 5.74) is 0. The van der Waals surface area contributed by atoms with Gasteiger partial charge in [0.15, 0.2) is 0 Å². The van der Waals surface area contributed by atoms with E-state index >= 15 is 0 Å². The van der Waals surface area contributed by atoms with Crippen LogP contribution in [0.5, 0.6) is 0 Å². The lowest BCUT2D eigenvalue weighted by Crippen LogP contribution is -2.40. The van der Waals surface area contributed by atoms with Crippen molar-refractivity contribution in [1.29, 1.82) is 0 Å². The van der Waals surface area contributed by atoms with Gasteiger partial charge in [-0.2, -0.15) is 0 Å². The first kappa shape index (κ1) is 16.9. The molecule has 6 heteroatoms. The van der Waals surface area contributed by atoms with Crippen molar-refractivity contribution in [1.82, 2.24) is 4.31 Å². The van der Waals surface area contributed by atoms with Crippen LogP contribution in [0, 0.1) is 5.92 Å². The van der Waals surface area contributed by atoms with Crippen molar-refractivity contribution >= 4 is 21.4 Å². The van der Waals surface area contributed by atoms with Gasteiger partial charge in [0.2, 0.25) is 10.0 Å². The summed E-state index contributed by atoms with van der Waals surface area (Å²) >= 11 is 1.76. The molecule has 0 aromatic carbocycles. The summed E-state index contributed by atoms with van der Waals surface area (Å²) < 4.78 is 24.7. The molecule has 0 bridgehead atoms. The Balaban J connectivity index is 1.70. The van der Waals surface area contributed by atoms with E-state index < -0.39 is 10.0 Å². The van der Waals surface area contributed by atoms with Gasteiger partial charge in [0.05, 0.1) is 12.4 Å². The van der Waals surface area contributed by atoms with Crippen LogP contribution in [-0.4, -0.2) is 43.3 Å². The van der Waals surface area contributed by atoms with Crippen LogP contribution in [-0.2, 0) is 16.4 Å². The van der Waals surface area contributed by atoms with Crippen molar-refractivity contribution in [3.05, 3.63) is 22.4 Å². The molecule has 120 valence electrons. The van der Waals surface area contributed by atoms with Gasteiger partial charge in [-0.1, -0.05) is 6.07 Å². The molecule has 21 heavy (non-hydrogen) atoms. The molecular weight excluding hydrogens is 306 g/mol. The quantitative estimate of drug-likeness (QED) is 0.835. The minimum atomic E-state index is -3.09. The van der Waals surface area contributed by atoms with Crippen molar-refractivity contribution in [3.8, 4) is 0 Å². The summed E-state index contributed by atoms with van der Waals surface area (Å²) in [7, 11) is -3.09. The zero-order chi connectivity index (χ0) is 15.3. The highest BCUT2D eigenvalue weighted by Gasteiger charge is 2.27. The summed E-state index contributed by atoms with van der Waals surface area (Å²) in [5, 5.41) is 12.2. The average Bonchev–Trinajstić information content (AvgIpc) is 2.91. The Labute approximate surface area is 131 Å². The van der Waals surface area contributed by atoms with Crippen LogP contribution in [0.2, 0.25) is 0 Å². The second-order valence-corrected chi connectivity index (χ2v) is 9.01. The van der Waals surface area contributed by atoms with Crippen molar-refractivity contribution in [2.75, 3.05) is 19.3 Å². The molecule has 2 rings (SSSR count). The first-order chi connectivity index (χ1) is 9.95. The Bertz CT molecular complexity index is 513. The molecular formula is C15H25NO3S2. The number of aliphatic hydroxyl groups is 1. The maximum absolute atomic E-state index is 11.6. The summed E-state index contributed by atoms with van der Waals surface area (Å²) in [4.78, 5) is 1.36. The van der Waals surface area contributed by atoms with Crippen LogP contribution in [0.25, 0.3) is 0 Å². The number of aryl methyl sites for hydroxylation is 1. The van der Waals surface area contributed by atoms with Crippen molar-refractivity contribution in [2.45, 2.75) is 44.6 Å². The third-order valence-corrected chi connectivity index (χ3v) is 6.30. The summed E-state index contributed by atoms with van der Waals surface area (Å²) in [6.45, 7) is 1.20. The van der Waals surface area contributed by atoms with Gasteiger partial charge >= 0.3 is 0 Å². The summed E-state index contributed by atoms with van der Waals surface area (Å²) in [6, 6.07) is 4.18. The molecule has 0 radical (unpaired) electrons. The Morgan fingerprint density at radius 1 is 1.52 bits per heavy atom. The molecule has 1 saturated heterocycles. The standard InChI is InChI=1S/C15H25NO3S2/c1-21(18,19)16-9-3-5-13(12-16)11-14(17)6-2-7-15-8-4-10-20-15/h4,8,10,13-14,17H,2-3,5-7,9,11-12H2,1H3. The third-order valence-electron chi connectivity index (χ3n) is 4.10. The molecule has 0 aliphatic carbocycles. The molecule has 0 amide bonds. The van der Waals surface area contributed by atoms with Crippen LogP contribution in [0.1, 0.15) is 37.0 Å². The first-order valence-electron chi connectivity index (χ1n) is 7.60. The topological polar surface area (TPSA) is 57.6 Å². The van der Waals surface area contributed by atoms with E-state index in [0.29, 0.717) is 19.0 Å². The molecule has 1 fully saturated rings. The second kappa shape index (κ2) is 7.72. The normalized spacial score (nSPS) is 22.3. The van der Waals surface area contributed by atoms with Gasteiger partial charge in [0.25, 0.3) is 0 Å². The van der Waals surface area contributed by atoms with Crippen molar-refractivity contribution in [3.63, 3.8) is 0 Å². The minimum absolute atomic E-state index is 0.296. The predicted octanol–water partition coefficient (Wildman–Crippen LogP) is 2.49. The number of piperidine rings is 1. The van der Waals surface area contributed by atoms with Gasteiger partial charge < -0.3 is 5.11 Å². The molecule has 2 unspecified atom stereocenters. The number of aliphatic hydroxyl groups excluding tert-OH is 1. The highest BCUT2D eigenvalue weighted by atomic mass is 32.2. The van der Waals surface area contributed by atoms with Crippen molar-refractivity contribution < 1.29 is 13.5 Å². The Kier molecular flexibility index (Phi) is 6.22. The van der Waals surface area contributed by atoms with Crippen LogP contribution < -0.4 is 0 Å². The van der Waals surface area contributed by atoms with Gasteiger partial charge in [0, 0.05) is 18.0 Å². The van der Waals surface area contributed by atoms with Crippen LogP contribution >= 0.6 is 11.3 Å². The zero-order valence-corrected chi connectivity index (χ0v) is 14.2. The Morgan fingerprint density at radius 3 is 3.00 bits per heavy atom. The molecule has 1 aromatic rings. The summed E-state index contributed by atoms with van der Waals surface area (Å²) in [5.74, 6) is 0.296. The van der Waals surface area contributed by atoms with E-state index in [4.69, 9.17) is 0 Å². The molecule has 0 spiro atoms. The van der Waals surface area contributed by atoms with Crippen molar-refractivity contribution in [2.24, 2.45) is 5.92 Å². The summed E-state index contributed by atoms with van der Waals surface area (Å²) in [6.07, 6.45) is 6.41. The maximum Gasteiger partial charge on any atom is 0.211 e. The fourth-order valence-corrected chi connectivity index (χ4v) is 4.68. The first-order valence-corrected chi connectivity index (χ1v) is 10.3. The van der Waals surface area contributed by atoms with E-state index in [1.807, 2.05) is 0 Å². The second-order valence-electron chi connectivity index (χ2n) is 5.99. The fourth-order valence-electron chi connectivity index (χ4n) is 2.99. The number of nitrogens with zero attached hydrogens (tertiary/aromatic N) is 1. The molecule has 1 aliphatic rings. The zero-order valence-electron chi connectivity index (χ0n) is 12.6. The highest BCUT2D eigenvalue weighted by molar-refractivity contribution is 7.88. The minimum Gasteiger partial charge on any atom is -0.393 e. The van der Waals surface area contributed by atoms with Gasteiger partial charge in [-0.3, -0.25) is 0 Å². The molecule has 2 atom stereocenters. The van der Waals surface area contributed by atoms with Gasteiger partial charge in [-0.05, 0) is 55.9 Å². The third kappa shape index (κ3) is 5.70. The number of sulfonamides is 1. The van der Waals surface area contributed by atoms with Crippen LogP contribution in [0.3, 0.4) is 0 Å². The lowest BCUT2D eigenvalue weighted by atomic mass is 9.92. The lowest BCUT2D eigenvalue weighted by Gasteiger charge is -2.32. The fraction of sp³-hybridized carbons (Fsp3) is 0.733. The van der Waals surface area contributed by atoms with Gasteiger partial charge in [0.1, 0.15) is 0 Å². The van der Waals surface area contributed by atoms with E-state index in [0.717, 1.165) is 38.5 Å².